The molecule has 106 valence electrons. The number of amides is 1. The number of halogens is 1. The molecule has 0 aromatic carbocycles. The molecule has 0 radical (unpaired) electrons. The summed E-state index contributed by atoms with van der Waals surface area (Å²) in [5.41, 5.74) is 0. The molecule has 0 aromatic rings. The van der Waals surface area contributed by atoms with Crippen molar-refractivity contribution >= 4 is 18.3 Å². The molecule has 1 amide bonds. The first-order valence-corrected chi connectivity index (χ1v) is 6.90. The van der Waals surface area contributed by atoms with Crippen LogP contribution in [0.4, 0.5) is 0 Å². The van der Waals surface area contributed by atoms with Crippen molar-refractivity contribution in [1.82, 2.24) is 10.6 Å². The monoisotopic (exact) mass is 276 g/mol. The molecule has 2 atom stereocenters. The Hall–Kier alpha value is -0.320. The number of hydrogen-bond acceptors (Lipinski definition) is 3. The molecule has 3 N–H and O–H groups in total. The van der Waals surface area contributed by atoms with E-state index in [-0.39, 0.29) is 30.5 Å². The van der Waals surface area contributed by atoms with Crippen LogP contribution in [0.1, 0.15) is 45.4 Å². The molecule has 18 heavy (non-hydrogen) atoms. The van der Waals surface area contributed by atoms with Crippen LogP contribution in [-0.2, 0) is 4.79 Å². The maximum atomic E-state index is 11.9. The van der Waals surface area contributed by atoms with E-state index in [1.165, 1.54) is 19.3 Å². The van der Waals surface area contributed by atoms with Gasteiger partial charge >= 0.3 is 0 Å². The summed E-state index contributed by atoms with van der Waals surface area (Å²) in [5.74, 6) is 0.927. The summed E-state index contributed by atoms with van der Waals surface area (Å²) in [7, 11) is 0. The fraction of sp³-hybridized carbons (Fsp3) is 0.923. The lowest BCUT2D eigenvalue weighted by molar-refractivity contribution is -0.123. The van der Waals surface area contributed by atoms with Crippen LogP contribution in [-0.4, -0.2) is 35.7 Å². The number of hydrogen-bond donors (Lipinski definition) is 3. The number of aliphatic hydroxyl groups is 1. The highest BCUT2D eigenvalue weighted by Crippen LogP contribution is 2.26. The van der Waals surface area contributed by atoms with Crippen LogP contribution in [0, 0.1) is 5.92 Å². The fourth-order valence-electron chi connectivity index (χ4n) is 2.93. The van der Waals surface area contributed by atoms with E-state index in [0.717, 1.165) is 18.8 Å². The highest BCUT2D eigenvalue weighted by Gasteiger charge is 2.30. The number of nitrogens with one attached hydrogen (secondary N) is 2. The van der Waals surface area contributed by atoms with Crippen LogP contribution < -0.4 is 10.6 Å². The SMILES string of the molecule is CCC1CCC(NC(=O)C2CC(O)CN2)CC1.Cl. The average Bonchev–Trinajstić information content (AvgIpc) is 2.77. The van der Waals surface area contributed by atoms with E-state index in [9.17, 15) is 9.90 Å². The fourth-order valence-corrected chi connectivity index (χ4v) is 2.93. The molecule has 2 rings (SSSR count). The first kappa shape index (κ1) is 15.7. The van der Waals surface area contributed by atoms with Gasteiger partial charge in [0.2, 0.25) is 5.91 Å². The quantitative estimate of drug-likeness (QED) is 0.726. The predicted octanol–water partition coefficient (Wildman–Crippen LogP) is 1.22. The van der Waals surface area contributed by atoms with Crippen LogP contribution in [0.15, 0.2) is 0 Å². The lowest BCUT2D eigenvalue weighted by Crippen LogP contribution is -2.46. The molecule has 1 saturated carbocycles. The summed E-state index contributed by atoms with van der Waals surface area (Å²) in [4.78, 5) is 11.9. The second-order valence-electron chi connectivity index (χ2n) is 5.48. The van der Waals surface area contributed by atoms with Gasteiger partial charge in [-0.25, -0.2) is 0 Å². The number of β-amino-alcohol motifs (C(OH)–C–C–N with tert-alkyl or cyclic N) is 1. The summed E-state index contributed by atoms with van der Waals surface area (Å²) < 4.78 is 0. The number of carbonyl (C=O) groups excluding carboxylic acids is 1. The zero-order chi connectivity index (χ0) is 12.3. The van der Waals surface area contributed by atoms with Gasteiger partial charge in [-0.3, -0.25) is 4.79 Å². The van der Waals surface area contributed by atoms with Crippen LogP contribution in [0.25, 0.3) is 0 Å². The number of aliphatic hydroxyl groups excluding tert-OH is 1. The third kappa shape index (κ3) is 4.11. The summed E-state index contributed by atoms with van der Waals surface area (Å²) >= 11 is 0. The second kappa shape index (κ2) is 7.31. The van der Waals surface area contributed by atoms with Gasteiger partial charge in [0.25, 0.3) is 0 Å². The zero-order valence-corrected chi connectivity index (χ0v) is 11.8. The minimum atomic E-state index is -0.360. The Labute approximate surface area is 115 Å². The van der Waals surface area contributed by atoms with Crippen LogP contribution in [0.2, 0.25) is 0 Å². The molecule has 1 saturated heterocycles. The standard InChI is InChI=1S/C13H24N2O2.ClH/c1-2-9-3-5-10(6-4-9)15-13(17)12-7-11(16)8-14-12;/h9-12,14,16H,2-8H2,1H3,(H,15,17);1H. The first-order valence-electron chi connectivity index (χ1n) is 6.90. The van der Waals surface area contributed by atoms with Crippen LogP contribution in [0.3, 0.4) is 0 Å². The van der Waals surface area contributed by atoms with Crippen molar-refractivity contribution in [1.29, 1.82) is 0 Å². The minimum Gasteiger partial charge on any atom is -0.392 e. The molecule has 2 unspecified atom stereocenters. The molecule has 2 fully saturated rings. The van der Waals surface area contributed by atoms with Crippen LogP contribution >= 0.6 is 12.4 Å². The molecule has 0 bridgehead atoms. The Morgan fingerprint density at radius 3 is 2.50 bits per heavy atom. The Kier molecular flexibility index (Phi) is 6.39. The average molecular weight is 277 g/mol. The lowest BCUT2D eigenvalue weighted by atomic mass is 9.84. The Morgan fingerprint density at radius 1 is 1.33 bits per heavy atom. The van der Waals surface area contributed by atoms with Crippen molar-refractivity contribution in [2.75, 3.05) is 6.54 Å². The van der Waals surface area contributed by atoms with Gasteiger partial charge in [-0.05, 0) is 38.0 Å². The molecule has 4 nitrogen and oxygen atoms in total. The topological polar surface area (TPSA) is 61.4 Å². The van der Waals surface area contributed by atoms with E-state index in [2.05, 4.69) is 17.6 Å². The normalized spacial score (nSPS) is 35.9. The molecule has 5 heteroatoms. The van der Waals surface area contributed by atoms with E-state index >= 15 is 0 Å². The van der Waals surface area contributed by atoms with Gasteiger partial charge < -0.3 is 15.7 Å². The second-order valence-corrected chi connectivity index (χ2v) is 5.48. The van der Waals surface area contributed by atoms with E-state index in [1.54, 1.807) is 0 Å². The Balaban J connectivity index is 0.00000162. The summed E-state index contributed by atoms with van der Waals surface area (Å²) in [5, 5.41) is 15.5. The van der Waals surface area contributed by atoms with E-state index in [4.69, 9.17) is 0 Å². The van der Waals surface area contributed by atoms with Crippen molar-refractivity contribution in [3.8, 4) is 0 Å². The van der Waals surface area contributed by atoms with Gasteiger partial charge in [-0.15, -0.1) is 12.4 Å². The Bertz CT molecular complexity index is 268. The van der Waals surface area contributed by atoms with Gasteiger partial charge in [0.15, 0.2) is 0 Å². The van der Waals surface area contributed by atoms with Gasteiger partial charge in [-0.2, -0.15) is 0 Å². The maximum absolute atomic E-state index is 11.9. The van der Waals surface area contributed by atoms with Crippen molar-refractivity contribution in [2.45, 2.75) is 63.6 Å². The van der Waals surface area contributed by atoms with E-state index < -0.39 is 0 Å². The predicted molar refractivity (Wildman–Crippen MR) is 73.8 cm³/mol. The molecule has 1 heterocycles. The van der Waals surface area contributed by atoms with Crippen molar-refractivity contribution in [2.24, 2.45) is 5.92 Å². The van der Waals surface area contributed by atoms with E-state index in [1.807, 2.05) is 0 Å². The smallest absolute Gasteiger partial charge is 0.237 e. The molecular formula is C13H25ClN2O2. The highest BCUT2D eigenvalue weighted by atomic mass is 35.5. The molecule has 0 aromatic heterocycles. The molecule has 0 spiro atoms. The first-order chi connectivity index (χ1) is 8.19. The third-order valence-electron chi connectivity index (χ3n) is 4.19. The van der Waals surface area contributed by atoms with Crippen LogP contribution in [0.5, 0.6) is 0 Å². The van der Waals surface area contributed by atoms with Crippen molar-refractivity contribution in [3.05, 3.63) is 0 Å². The maximum Gasteiger partial charge on any atom is 0.237 e. The zero-order valence-electron chi connectivity index (χ0n) is 11.0. The lowest BCUT2D eigenvalue weighted by Gasteiger charge is -2.29. The molecule has 1 aliphatic carbocycles. The molecular weight excluding hydrogens is 252 g/mol. The highest BCUT2D eigenvalue weighted by molar-refractivity contribution is 5.85. The summed E-state index contributed by atoms with van der Waals surface area (Å²) in [6.07, 6.45) is 6.15. The van der Waals surface area contributed by atoms with Gasteiger partial charge in [0.05, 0.1) is 12.1 Å². The van der Waals surface area contributed by atoms with Gasteiger partial charge in [0.1, 0.15) is 0 Å². The van der Waals surface area contributed by atoms with Gasteiger partial charge in [0, 0.05) is 12.6 Å². The third-order valence-corrected chi connectivity index (χ3v) is 4.19. The van der Waals surface area contributed by atoms with Crippen molar-refractivity contribution < 1.29 is 9.90 Å². The van der Waals surface area contributed by atoms with Crippen molar-refractivity contribution in [3.63, 3.8) is 0 Å². The van der Waals surface area contributed by atoms with Gasteiger partial charge in [-0.1, -0.05) is 13.3 Å². The number of carbonyl (C=O) groups is 1. The largest absolute Gasteiger partial charge is 0.392 e. The molecule has 2 aliphatic rings. The number of rotatable bonds is 3. The Morgan fingerprint density at radius 2 is 2.00 bits per heavy atom. The summed E-state index contributed by atoms with van der Waals surface area (Å²) in [6, 6.07) is 0.166. The minimum absolute atomic E-state index is 0. The van der Waals surface area contributed by atoms with E-state index in [0.29, 0.717) is 19.0 Å². The molecule has 1 aliphatic heterocycles. The summed E-state index contributed by atoms with van der Waals surface area (Å²) in [6.45, 7) is 2.79.